The van der Waals surface area contributed by atoms with E-state index in [9.17, 15) is 5.11 Å². The van der Waals surface area contributed by atoms with Crippen molar-refractivity contribution < 1.29 is 5.11 Å². The quantitative estimate of drug-likeness (QED) is 0.837. The van der Waals surface area contributed by atoms with Crippen molar-refractivity contribution >= 4 is 11.7 Å². The summed E-state index contributed by atoms with van der Waals surface area (Å²) in [4.78, 5) is 0. The van der Waals surface area contributed by atoms with Gasteiger partial charge >= 0.3 is 0 Å². The molecule has 1 unspecified atom stereocenters. The van der Waals surface area contributed by atoms with Crippen molar-refractivity contribution in [2.24, 2.45) is 5.41 Å². The average Bonchev–Trinajstić information content (AvgIpc) is 2.74. The van der Waals surface area contributed by atoms with Gasteiger partial charge in [-0.3, -0.25) is 0 Å². The maximum Gasteiger partial charge on any atom is 0.103 e. The molecule has 3 nitrogen and oxygen atoms in total. The van der Waals surface area contributed by atoms with E-state index in [0.29, 0.717) is 5.41 Å². The van der Waals surface area contributed by atoms with E-state index in [4.69, 9.17) is 0 Å². The smallest absolute Gasteiger partial charge is 0.103 e. The molecule has 14 heavy (non-hydrogen) atoms. The van der Waals surface area contributed by atoms with Gasteiger partial charge in [0.05, 0.1) is 24.0 Å². The van der Waals surface area contributed by atoms with Gasteiger partial charge in [0.1, 0.15) is 5.69 Å². The van der Waals surface area contributed by atoms with E-state index < -0.39 is 6.10 Å². The minimum atomic E-state index is -0.420. The fraction of sp³-hybridized carbons (Fsp3) is 0.800. The Hall–Kier alpha value is -0.480. The van der Waals surface area contributed by atoms with Crippen molar-refractivity contribution in [2.75, 3.05) is 0 Å². The highest BCUT2D eigenvalue weighted by Crippen LogP contribution is 2.43. The average molecular weight is 212 g/mol. The summed E-state index contributed by atoms with van der Waals surface area (Å²) in [6.07, 6.45) is 7.17. The summed E-state index contributed by atoms with van der Waals surface area (Å²) in [5.74, 6) is 0. The molecular weight excluding hydrogens is 196 g/mol. The van der Waals surface area contributed by atoms with Crippen LogP contribution in [0.3, 0.4) is 0 Å². The third-order valence-corrected chi connectivity index (χ3v) is 3.71. The molecule has 4 heteroatoms. The van der Waals surface area contributed by atoms with Crippen LogP contribution in [0.5, 0.6) is 0 Å². The molecule has 0 saturated heterocycles. The Kier molecular flexibility index (Phi) is 2.83. The van der Waals surface area contributed by atoms with Crippen LogP contribution in [-0.2, 0) is 0 Å². The summed E-state index contributed by atoms with van der Waals surface area (Å²) in [7, 11) is 0. The van der Waals surface area contributed by atoms with Crippen molar-refractivity contribution in [1.29, 1.82) is 0 Å². The monoisotopic (exact) mass is 212 g/mol. The number of hydrogen-bond donors (Lipinski definition) is 1. The second-order valence-electron chi connectivity index (χ2n) is 4.57. The highest BCUT2D eigenvalue weighted by atomic mass is 32.1. The number of aromatic nitrogens is 2. The predicted molar refractivity (Wildman–Crippen MR) is 56.1 cm³/mol. The van der Waals surface area contributed by atoms with E-state index in [1.165, 1.54) is 25.7 Å². The van der Waals surface area contributed by atoms with Crippen molar-refractivity contribution in [2.45, 2.75) is 45.1 Å². The van der Waals surface area contributed by atoms with Crippen LogP contribution < -0.4 is 0 Å². The van der Waals surface area contributed by atoms with Gasteiger partial charge < -0.3 is 5.11 Å². The van der Waals surface area contributed by atoms with Crippen LogP contribution in [-0.4, -0.2) is 13.9 Å². The largest absolute Gasteiger partial charge is 0.387 e. The van der Waals surface area contributed by atoms with E-state index in [2.05, 4.69) is 15.7 Å². The lowest BCUT2D eigenvalue weighted by atomic mass is 9.82. The van der Waals surface area contributed by atoms with Crippen LogP contribution in [0.15, 0.2) is 6.20 Å². The number of aliphatic hydroxyl groups excluding tert-OH is 1. The third kappa shape index (κ3) is 2.12. The van der Waals surface area contributed by atoms with Gasteiger partial charge in [0, 0.05) is 0 Å². The molecule has 0 bridgehead atoms. The van der Waals surface area contributed by atoms with Crippen LogP contribution in [0.25, 0.3) is 0 Å². The molecule has 1 saturated carbocycles. The van der Waals surface area contributed by atoms with E-state index in [0.717, 1.165) is 23.8 Å². The number of aliphatic hydroxyl groups is 1. The van der Waals surface area contributed by atoms with E-state index in [-0.39, 0.29) is 0 Å². The van der Waals surface area contributed by atoms with Gasteiger partial charge in [-0.1, -0.05) is 19.8 Å². The van der Waals surface area contributed by atoms with Crippen LogP contribution in [0.4, 0.5) is 0 Å². The molecule has 1 atom stereocenters. The number of hydrogen-bond acceptors (Lipinski definition) is 4. The van der Waals surface area contributed by atoms with Gasteiger partial charge in [-0.25, -0.2) is 0 Å². The molecular formula is C10H16N2OS. The molecule has 1 heterocycles. The fourth-order valence-electron chi connectivity index (χ4n) is 2.32. The van der Waals surface area contributed by atoms with Gasteiger partial charge in [-0.15, -0.1) is 0 Å². The van der Waals surface area contributed by atoms with E-state index in [1.54, 1.807) is 6.20 Å². The van der Waals surface area contributed by atoms with Crippen LogP contribution in [0, 0.1) is 5.41 Å². The normalized spacial score (nSPS) is 22.4. The molecule has 0 radical (unpaired) electrons. The highest BCUT2D eigenvalue weighted by Gasteiger charge is 2.31. The van der Waals surface area contributed by atoms with Crippen LogP contribution in [0.1, 0.15) is 50.8 Å². The number of rotatable bonds is 3. The Bertz CT molecular complexity index is 280. The molecule has 0 spiro atoms. The summed E-state index contributed by atoms with van der Waals surface area (Å²) in [5, 5.41) is 9.94. The minimum Gasteiger partial charge on any atom is -0.387 e. The molecule has 2 rings (SSSR count). The van der Waals surface area contributed by atoms with Crippen molar-refractivity contribution in [3.05, 3.63) is 11.9 Å². The molecule has 0 aromatic carbocycles. The maximum atomic E-state index is 9.94. The number of nitrogens with zero attached hydrogens (tertiary/aromatic N) is 2. The Morgan fingerprint density at radius 2 is 2.29 bits per heavy atom. The van der Waals surface area contributed by atoms with Gasteiger partial charge in [0.25, 0.3) is 0 Å². The summed E-state index contributed by atoms with van der Waals surface area (Å²) in [6.45, 7) is 2.27. The third-order valence-electron chi connectivity index (χ3n) is 3.22. The van der Waals surface area contributed by atoms with Crippen molar-refractivity contribution in [3.63, 3.8) is 0 Å². The van der Waals surface area contributed by atoms with Crippen molar-refractivity contribution in [1.82, 2.24) is 8.75 Å². The van der Waals surface area contributed by atoms with Crippen molar-refractivity contribution in [3.8, 4) is 0 Å². The first-order valence-corrected chi connectivity index (χ1v) is 5.88. The lowest BCUT2D eigenvalue weighted by Gasteiger charge is -2.25. The van der Waals surface area contributed by atoms with Gasteiger partial charge in [-0.05, 0) is 24.7 Å². The predicted octanol–water partition coefficient (Wildman–Crippen LogP) is 2.54. The molecule has 0 amide bonds. The Morgan fingerprint density at radius 3 is 2.86 bits per heavy atom. The zero-order chi connectivity index (χ0) is 10.0. The first-order chi connectivity index (χ1) is 6.70. The lowest BCUT2D eigenvalue weighted by molar-refractivity contribution is 0.106. The zero-order valence-electron chi connectivity index (χ0n) is 8.44. The molecule has 1 aromatic heterocycles. The molecule has 78 valence electrons. The topological polar surface area (TPSA) is 46.0 Å². The van der Waals surface area contributed by atoms with Crippen LogP contribution in [0.2, 0.25) is 0 Å². The highest BCUT2D eigenvalue weighted by molar-refractivity contribution is 6.99. The fourth-order valence-corrected chi connectivity index (χ4v) is 2.79. The van der Waals surface area contributed by atoms with E-state index in [1.807, 2.05) is 0 Å². The summed E-state index contributed by atoms with van der Waals surface area (Å²) >= 11 is 1.16. The van der Waals surface area contributed by atoms with Gasteiger partial charge in [0.15, 0.2) is 0 Å². The maximum absolute atomic E-state index is 9.94. The zero-order valence-corrected chi connectivity index (χ0v) is 9.26. The minimum absolute atomic E-state index is 0.322. The second kappa shape index (κ2) is 3.95. The van der Waals surface area contributed by atoms with Gasteiger partial charge in [0.2, 0.25) is 0 Å². The second-order valence-corrected chi connectivity index (χ2v) is 5.13. The summed E-state index contributed by atoms with van der Waals surface area (Å²) in [6, 6.07) is 0. The molecule has 1 aliphatic rings. The molecule has 1 fully saturated rings. The Labute approximate surface area is 88.5 Å². The molecule has 1 N–H and O–H groups in total. The molecule has 0 aliphatic heterocycles. The van der Waals surface area contributed by atoms with Gasteiger partial charge in [-0.2, -0.15) is 8.75 Å². The van der Waals surface area contributed by atoms with E-state index >= 15 is 0 Å². The summed E-state index contributed by atoms with van der Waals surface area (Å²) < 4.78 is 7.98. The first kappa shape index (κ1) is 10.1. The Morgan fingerprint density at radius 1 is 1.57 bits per heavy atom. The standard InChI is InChI=1S/C10H16N2OS/c1-10(4-2-3-5-10)6-9(13)8-7-11-14-12-8/h7,9,13H,2-6H2,1H3. The SMILES string of the molecule is CC1(CC(O)c2cnsn2)CCCC1. The molecule has 1 aliphatic carbocycles. The first-order valence-electron chi connectivity index (χ1n) is 5.15. The Balaban J connectivity index is 1.97. The lowest BCUT2D eigenvalue weighted by Crippen LogP contribution is -2.15. The summed E-state index contributed by atoms with van der Waals surface area (Å²) in [5.41, 5.74) is 1.06. The molecule has 1 aromatic rings. The van der Waals surface area contributed by atoms with Crippen LogP contribution >= 0.6 is 11.7 Å².